The lowest BCUT2D eigenvalue weighted by atomic mass is 10.1. The van der Waals surface area contributed by atoms with E-state index in [4.69, 9.17) is 9.26 Å². The van der Waals surface area contributed by atoms with Crippen LogP contribution in [0, 0.1) is 0 Å². The van der Waals surface area contributed by atoms with E-state index >= 15 is 0 Å². The molecule has 1 unspecified atom stereocenters. The molecule has 6 heteroatoms. The summed E-state index contributed by atoms with van der Waals surface area (Å²) in [5.41, 5.74) is 0.957. The normalized spacial score (nSPS) is 13.0. The van der Waals surface area contributed by atoms with Crippen LogP contribution in [0.3, 0.4) is 0 Å². The zero-order valence-electron chi connectivity index (χ0n) is 23.0. The summed E-state index contributed by atoms with van der Waals surface area (Å²) in [4.78, 5) is 12.4. The molecule has 1 aromatic rings. The van der Waals surface area contributed by atoms with Gasteiger partial charge in [-0.25, -0.2) is 0 Å². The molecule has 0 aromatic heterocycles. The van der Waals surface area contributed by atoms with Gasteiger partial charge in [0.1, 0.15) is 13.2 Å². The van der Waals surface area contributed by atoms with Gasteiger partial charge < -0.3 is 9.22 Å². The Morgan fingerprint density at radius 2 is 1.34 bits per heavy atom. The van der Waals surface area contributed by atoms with Gasteiger partial charge in [-0.1, -0.05) is 108 Å². The van der Waals surface area contributed by atoms with Crippen molar-refractivity contribution in [3.63, 3.8) is 0 Å². The summed E-state index contributed by atoms with van der Waals surface area (Å²) in [6, 6.07) is 9.64. The molecule has 0 aliphatic rings. The number of carbonyl (C=O) groups is 1. The standard InChI is InChI=1S/C29H52NO4P/c1-5-6-7-8-9-10-11-12-13-14-15-16-20-23-35(32)34-28(25-30(2,3)4)24-29(31)33-26-27-21-18-17-19-22-27/h17-19,21-22,28H,5-16,20,23-26H2,1-4H3/q+2/t28-/m1/s1. The molecule has 35 heavy (non-hydrogen) atoms. The largest absolute Gasteiger partial charge is 0.508 e. The molecular weight excluding hydrogens is 457 g/mol. The summed E-state index contributed by atoms with van der Waals surface area (Å²) >= 11 is 0. The third-order valence-corrected chi connectivity index (χ3v) is 7.31. The first-order valence-electron chi connectivity index (χ1n) is 13.9. The van der Waals surface area contributed by atoms with Crippen molar-refractivity contribution in [2.75, 3.05) is 33.8 Å². The number of quaternary nitrogens is 1. The van der Waals surface area contributed by atoms with Gasteiger partial charge in [-0.15, -0.1) is 4.52 Å². The van der Waals surface area contributed by atoms with E-state index in [2.05, 4.69) is 6.92 Å². The second-order valence-corrected chi connectivity index (χ2v) is 12.2. The van der Waals surface area contributed by atoms with Gasteiger partial charge in [0.2, 0.25) is 0 Å². The van der Waals surface area contributed by atoms with Crippen molar-refractivity contribution in [1.29, 1.82) is 0 Å². The molecule has 0 spiro atoms. The van der Waals surface area contributed by atoms with Crippen molar-refractivity contribution in [3.05, 3.63) is 35.9 Å². The second kappa shape index (κ2) is 19.8. The molecule has 0 fully saturated rings. The number of rotatable bonds is 22. The highest BCUT2D eigenvalue weighted by atomic mass is 31.1. The molecule has 5 nitrogen and oxygen atoms in total. The molecule has 2 atom stereocenters. The van der Waals surface area contributed by atoms with Gasteiger partial charge in [0.15, 0.2) is 12.3 Å². The third-order valence-electron chi connectivity index (χ3n) is 6.10. The minimum absolute atomic E-state index is 0.127. The topological polar surface area (TPSA) is 52.6 Å². The van der Waals surface area contributed by atoms with Crippen LogP contribution >= 0.6 is 8.03 Å². The zero-order chi connectivity index (χ0) is 25.8. The van der Waals surface area contributed by atoms with Crippen LogP contribution in [-0.2, 0) is 25.2 Å². The fourth-order valence-corrected chi connectivity index (χ4v) is 5.27. The number of hydrogen-bond donors (Lipinski definition) is 0. The monoisotopic (exact) mass is 509 g/mol. The fraction of sp³-hybridized carbons (Fsp3) is 0.759. The van der Waals surface area contributed by atoms with Crippen LogP contribution < -0.4 is 0 Å². The SMILES string of the molecule is CCCCCCCCCCCCCCC[P+](=O)O[C@H](CC(=O)OCc1ccccc1)C[N+](C)(C)C. The Balaban J connectivity index is 2.17. The first kappa shape index (κ1) is 31.7. The van der Waals surface area contributed by atoms with E-state index in [1.807, 2.05) is 51.5 Å². The van der Waals surface area contributed by atoms with E-state index in [-0.39, 0.29) is 19.0 Å². The third kappa shape index (κ3) is 19.6. The summed E-state index contributed by atoms with van der Waals surface area (Å²) < 4.78 is 24.5. The predicted octanol–water partition coefficient (Wildman–Crippen LogP) is 8.04. The van der Waals surface area contributed by atoms with Gasteiger partial charge in [-0.05, 0) is 23.0 Å². The van der Waals surface area contributed by atoms with Crippen molar-refractivity contribution >= 4 is 14.0 Å². The maximum Gasteiger partial charge on any atom is 0.508 e. The van der Waals surface area contributed by atoms with E-state index < -0.39 is 14.1 Å². The van der Waals surface area contributed by atoms with Crippen LogP contribution in [0.1, 0.15) is 102 Å². The number of hydrogen-bond acceptors (Lipinski definition) is 4. The van der Waals surface area contributed by atoms with Crippen LogP contribution in [0.5, 0.6) is 0 Å². The Bertz CT molecular complexity index is 675. The molecule has 0 saturated heterocycles. The highest BCUT2D eigenvalue weighted by Gasteiger charge is 2.31. The minimum atomic E-state index is -1.76. The van der Waals surface area contributed by atoms with E-state index in [1.54, 1.807) is 0 Å². The van der Waals surface area contributed by atoms with Crippen LogP contribution in [-0.4, -0.2) is 50.4 Å². The number of esters is 1. The minimum Gasteiger partial charge on any atom is -0.461 e. The average molecular weight is 510 g/mol. The molecule has 0 heterocycles. The fourth-order valence-electron chi connectivity index (χ4n) is 4.21. The van der Waals surface area contributed by atoms with E-state index in [9.17, 15) is 9.36 Å². The lowest BCUT2D eigenvalue weighted by Gasteiger charge is -2.26. The molecule has 0 N–H and O–H groups in total. The molecule has 200 valence electrons. The molecule has 0 bridgehead atoms. The second-order valence-electron chi connectivity index (χ2n) is 10.8. The highest BCUT2D eigenvalue weighted by Crippen LogP contribution is 2.29. The number of benzene rings is 1. The molecule has 0 aliphatic heterocycles. The van der Waals surface area contributed by atoms with Gasteiger partial charge in [0, 0.05) is 0 Å². The number of likely N-dealkylation sites (N-methyl/N-ethyl adjacent to an activating group) is 1. The van der Waals surface area contributed by atoms with Gasteiger partial charge in [-0.3, -0.25) is 4.79 Å². The van der Waals surface area contributed by atoms with Gasteiger partial charge in [0.05, 0.1) is 27.6 Å². The lowest BCUT2D eigenvalue weighted by molar-refractivity contribution is -0.873. The number of carbonyl (C=O) groups excluding carboxylic acids is 1. The molecule has 1 aromatic carbocycles. The van der Waals surface area contributed by atoms with Crippen molar-refractivity contribution in [2.24, 2.45) is 0 Å². The molecule has 0 aliphatic carbocycles. The smallest absolute Gasteiger partial charge is 0.461 e. The summed E-state index contributed by atoms with van der Waals surface area (Å²) in [5, 5.41) is 0. The van der Waals surface area contributed by atoms with Crippen molar-refractivity contribution in [2.45, 2.75) is 110 Å². The average Bonchev–Trinajstić information content (AvgIpc) is 2.80. The lowest BCUT2D eigenvalue weighted by Crippen LogP contribution is -2.42. The first-order chi connectivity index (χ1) is 16.8. The number of ether oxygens (including phenoxy) is 1. The summed E-state index contributed by atoms with van der Waals surface area (Å²) in [6.07, 6.45) is 17.1. The molecule has 0 amide bonds. The maximum absolute atomic E-state index is 12.6. The van der Waals surface area contributed by atoms with Gasteiger partial charge >= 0.3 is 14.0 Å². The molecule has 0 radical (unpaired) electrons. The Kier molecular flexibility index (Phi) is 18.0. The summed E-state index contributed by atoms with van der Waals surface area (Å²) in [5.74, 6) is -0.309. The Hall–Kier alpha value is -1.29. The molecule has 1 rings (SSSR count). The Morgan fingerprint density at radius 3 is 1.86 bits per heavy atom. The van der Waals surface area contributed by atoms with Crippen molar-refractivity contribution in [1.82, 2.24) is 0 Å². The molecule has 0 saturated carbocycles. The van der Waals surface area contributed by atoms with Gasteiger partial charge in [0.25, 0.3) is 0 Å². The predicted molar refractivity (Wildman–Crippen MR) is 147 cm³/mol. The van der Waals surface area contributed by atoms with Crippen LogP contribution in [0.25, 0.3) is 0 Å². The van der Waals surface area contributed by atoms with Gasteiger partial charge in [-0.2, -0.15) is 0 Å². The number of nitrogens with zero attached hydrogens (tertiary/aromatic N) is 1. The van der Waals surface area contributed by atoms with E-state index in [0.717, 1.165) is 18.4 Å². The van der Waals surface area contributed by atoms with Crippen LogP contribution in [0.15, 0.2) is 30.3 Å². The highest BCUT2D eigenvalue weighted by molar-refractivity contribution is 7.39. The number of unbranched alkanes of at least 4 members (excludes halogenated alkanes) is 12. The van der Waals surface area contributed by atoms with E-state index in [0.29, 0.717) is 17.2 Å². The quantitative estimate of drug-likeness (QED) is 0.0687. The van der Waals surface area contributed by atoms with Crippen molar-refractivity contribution in [3.8, 4) is 0 Å². The Morgan fingerprint density at radius 1 is 0.829 bits per heavy atom. The Labute approximate surface area is 216 Å². The molecular formula is C29H52NO4P+2. The van der Waals surface area contributed by atoms with Crippen LogP contribution in [0.4, 0.5) is 0 Å². The first-order valence-corrected chi connectivity index (χ1v) is 15.3. The van der Waals surface area contributed by atoms with E-state index in [1.165, 1.54) is 70.6 Å². The zero-order valence-corrected chi connectivity index (χ0v) is 23.9. The summed E-state index contributed by atoms with van der Waals surface area (Å²) in [6.45, 7) is 3.13. The maximum atomic E-state index is 12.6. The van der Waals surface area contributed by atoms with Crippen LogP contribution in [0.2, 0.25) is 0 Å². The summed E-state index contributed by atoms with van der Waals surface area (Å²) in [7, 11) is 4.38. The van der Waals surface area contributed by atoms with Crippen molar-refractivity contribution < 1.29 is 23.1 Å².